The average Bonchev–Trinajstić information content (AvgIpc) is 3.47. The largest absolute Gasteiger partial charge is 0.733 e. The molecule has 168 valence electrons. The molecule has 33 heavy (non-hydrogen) atoms. The summed E-state index contributed by atoms with van der Waals surface area (Å²) >= 11 is 0. The average molecular weight is 444 g/mol. The van der Waals surface area contributed by atoms with E-state index in [2.05, 4.69) is 32.2 Å². The molecule has 5 rings (SSSR count). The van der Waals surface area contributed by atoms with Crippen molar-refractivity contribution in [3.8, 4) is 22.6 Å². The van der Waals surface area contributed by atoms with Crippen LogP contribution in [0.3, 0.4) is 0 Å². The van der Waals surface area contributed by atoms with E-state index < -0.39 is 6.10 Å². The first-order valence-corrected chi connectivity index (χ1v) is 10.6. The molecule has 1 saturated heterocycles. The van der Waals surface area contributed by atoms with E-state index in [1.807, 2.05) is 30.3 Å². The summed E-state index contributed by atoms with van der Waals surface area (Å²) in [4.78, 5) is 11.0. The first-order chi connectivity index (χ1) is 16.1. The number of β-amino-alcohol motifs (C(OH)–C–C–N with tert-alkyl or cyclic N) is 1. The van der Waals surface area contributed by atoms with E-state index in [1.54, 1.807) is 18.3 Å². The normalized spacial score (nSPS) is 18.5. The fraction of sp³-hybridized carbons (Fsp3) is 0.208. The Kier molecular flexibility index (Phi) is 5.84. The Balaban J connectivity index is 1.33. The number of pyridine rings is 1. The zero-order valence-electron chi connectivity index (χ0n) is 17.7. The zero-order chi connectivity index (χ0) is 22.8. The fourth-order valence-electron chi connectivity index (χ4n) is 4.11. The van der Waals surface area contributed by atoms with Crippen LogP contribution in [0.4, 0.5) is 5.69 Å². The molecule has 2 aromatic heterocycles. The van der Waals surface area contributed by atoms with Gasteiger partial charge in [0.25, 0.3) is 0 Å². The number of likely N-dealkylation sites (tertiary alicyclic amines) is 1. The molecule has 0 saturated carbocycles. The number of aromatic nitrogens is 3. The molecule has 0 spiro atoms. The number of benzene rings is 2. The topological polar surface area (TPSA) is 122 Å². The van der Waals surface area contributed by atoms with Gasteiger partial charge < -0.3 is 20.1 Å². The number of aliphatic hydroxyl groups is 1. The summed E-state index contributed by atoms with van der Waals surface area (Å²) in [6.45, 7) is 1.11. The molecule has 1 fully saturated rings. The van der Waals surface area contributed by atoms with Crippen LogP contribution in [-0.2, 0) is 6.54 Å². The summed E-state index contributed by atoms with van der Waals surface area (Å²) in [5, 5.41) is 34.4. The Morgan fingerprint density at radius 2 is 1.91 bits per heavy atom. The lowest BCUT2D eigenvalue weighted by molar-refractivity contribution is 0.169. The van der Waals surface area contributed by atoms with Crippen LogP contribution in [0.1, 0.15) is 23.9 Å². The second-order valence-electron chi connectivity index (χ2n) is 8.03. The van der Waals surface area contributed by atoms with Crippen molar-refractivity contribution in [1.29, 1.82) is 0 Å². The van der Waals surface area contributed by atoms with Gasteiger partial charge in [-0.05, 0) is 36.2 Å². The van der Waals surface area contributed by atoms with E-state index in [1.165, 1.54) is 12.1 Å². The van der Waals surface area contributed by atoms with Crippen LogP contribution in [-0.4, -0.2) is 43.0 Å². The molecule has 2 N–H and O–H groups in total. The van der Waals surface area contributed by atoms with Gasteiger partial charge in [-0.25, -0.2) is 0 Å². The Morgan fingerprint density at radius 3 is 2.67 bits per heavy atom. The van der Waals surface area contributed by atoms with E-state index >= 15 is 0 Å². The summed E-state index contributed by atoms with van der Waals surface area (Å²) in [5.41, 5.74) is 3.68. The molecule has 2 unspecified atom stereocenters. The van der Waals surface area contributed by atoms with Crippen LogP contribution in [0.25, 0.3) is 22.6 Å². The van der Waals surface area contributed by atoms with Gasteiger partial charge in [-0.1, -0.05) is 47.6 Å². The van der Waals surface area contributed by atoms with Gasteiger partial charge in [-0.2, -0.15) is 4.98 Å². The Bertz CT molecular complexity index is 1210. The minimum Gasteiger partial charge on any atom is -0.733 e. The number of anilines is 1. The monoisotopic (exact) mass is 444 g/mol. The van der Waals surface area contributed by atoms with Crippen LogP contribution in [0.15, 0.2) is 77.4 Å². The highest BCUT2D eigenvalue weighted by molar-refractivity contribution is 5.62. The quantitative estimate of drug-likeness (QED) is 0.428. The highest BCUT2D eigenvalue weighted by Gasteiger charge is 2.36. The molecule has 3 heterocycles. The fourth-order valence-corrected chi connectivity index (χ4v) is 4.11. The summed E-state index contributed by atoms with van der Waals surface area (Å²) in [7, 11) is 0. The minimum atomic E-state index is -0.495. The minimum absolute atomic E-state index is 0.0749. The highest BCUT2D eigenvalue weighted by atomic mass is 16.8. The maximum absolute atomic E-state index is 11.2. The Hall–Kier alpha value is -3.63. The van der Waals surface area contributed by atoms with Crippen molar-refractivity contribution in [3.05, 3.63) is 89.6 Å². The molecule has 1 aliphatic rings. The molecule has 2 atom stereocenters. The van der Waals surface area contributed by atoms with Crippen LogP contribution < -0.4 is 5.23 Å². The van der Waals surface area contributed by atoms with Gasteiger partial charge in [0, 0.05) is 30.4 Å². The lowest BCUT2D eigenvalue weighted by Crippen LogP contribution is -2.24. The standard InChI is InChI=1S/C24H22N5O4/c30-20-13-22(24-26-23(27-33-24)18-4-3-5-19(12-18)29(31)32)28(15-20)14-16-7-9-17(10-8-16)21-6-1-2-11-25-21/h1-12,20,22,30-31H,13-15H2/q-1. The van der Waals surface area contributed by atoms with Crippen LogP contribution in [0, 0.1) is 5.21 Å². The molecule has 0 amide bonds. The number of rotatable bonds is 6. The Morgan fingerprint density at radius 1 is 1.06 bits per heavy atom. The third-order valence-electron chi connectivity index (χ3n) is 5.73. The van der Waals surface area contributed by atoms with E-state index in [9.17, 15) is 10.3 Å². The van der Waals surface area contributed by atoms with Gasteiger partial charge in [-0.3, -0.25) is 15.1 Å². The predicted molar refractivity (Wildman–Crippen MR) is 121 cm³/mol. The van der Waals surface area contributed by atoms with Gasteiger partial charge >= 0.3 is 0 Å². The van der Waals surface area contributed by atoms with E-state index in [4.69, 9.17) is 9.73 Å². The second kappa shape index (κ2) is 9.08. The van der Waals surface area contributed by atoms with Crippen LogP contribution in [0.5, 0.6) is 0 Å². The summed E-state index contributed by atoms with van der Waals surface area (Å²) in [6, 6.07) is 20.1. The van der Waals surface area contributed by atoms with Crippen molar-refractivity contribution >= 4 is 5.69 Å². The molecule has 0 aliphatic carbocycles. The third-order valence-corrected chi connectivity index (χ3v) is 5.73. The Labute approximate surface area is 190 Å². The maximum Gasteiger partial charge on any atom is 0.244 e. The summed E-state index contributed by atoms with van der Waals surface area (Å²) < 4.78 is 5.52. The van der Waals surface area contributed by atoms with Crippen molar-refractivity contribution < 1.29 is 14.8 Å². The molecule has 9 heteroatoms. The first kappa shape index (κ1) is 21.2. The molecule has 9 nitrogen and oxygen atoms in total. The van der Waals surface area contributed by atoms with Gasteiger partial charge in [-0.15, -0.1) is 0 Å². The van der Waals surface area contributed by atoms with Crippen LogP contribution >= 0.6 is 0 Å². The number of hydrogen-bond acceptors (Lipinski definition) is 9. The molecule has 1 aliphatic heterocycles. The van der Waals surface area contributed by atoms with E-state index in [0.717, 1.165) is 16.8 Å². The van der Waals surface area contributed by atoms with Crippen molar-refractivity contribution in [2.45, 2.75) is 25.1 Å². The predicted octanol–water partition coefficient (Wildman–Crippen LogP) is 3.80. The lowest BCUT2D eigenvalue weighted by atomic mass is 10.1. The van der Waals surface area contributed by atoms with Gasteiger partial charge in [0.1, 0.15) is 0 Å². The number of nitrogens with zero attached hydrogens (tertiary/aromatic N) is 5. The van der Waals surface area contributed by atoms with Crippen molar-refractivity contribution in [1.82, 2.24) is 20.0 Å². The molecule has 2 aromatic carbocycles. The summed E-state index contributed by atoms with van der Waals surface area (Å²) in [5.74, 6) is 0.717. The molecule has 0 bridgehead atoms. The van der Waals surface area contributed by atoms with Gasteiger partial charge in [0.05, 0.1) is 23.5 Å². The lowest BCUT2D eigenvalue weighted by Gasteiger charge is -2.21. The second-order valence-corrected chi connectivity index (χ2v) is 8.03. The van der Waals surface area contributed by atoms with Gasteiger partial charge in [0.2, 0.25) is 11.7 Å². The SMILES string of the molecule is [O-]N(O)c1cccc(-c2noc(C3CC(O)CN3Cc3ccc(-c4ccccn4)cc3)n2)c1. The summed E-state index contributed by atoms with van der Waals surface area (Å²) in [6.07, 6.45) is 1.76. The first-order valence-electron chi connectivity index (χ1n) is 10.6. The maximum atomic E-state index is 11.2. The smallest absolute Gasteiger partial charge is 0.244 e. The molecule has 0 radical (unpaired) electrons. The van der Waals surface area contributed by atoms with Crippen molar-refractivity contribution in [3.63, 3.8) is 0 Å². The highest BCUT2D eigenvalue weighted by Crippen LogP contribution is 2.34. The molecular weight excluding hydrogens is 422 g/mol. The van der Waals surface area contributed by atoms with Crippen LogP contribution in [0.2, 0.25) is 0 Å². The third kappa shape index (κ3) is 4.62. The van der Waals surface area contributed by atoms with E-state index in [0.29, 0.717) is 36.8 Å². The van der Waals surface area contributed by atoms with Crippen molar-refractivity contribution in [2.24, 2.45) is 0 Å². The number of aliphatic hydroxyl groups excluding tert-OH is 1. The molecule has 4 aromatic rings. The van der Waals surface area contributed by atoms with E-state index in [-0.39, 0.29) is 17.0 Å². The van der Waals surface area contributed by atoms with Gasteiger partial charge in [0.15, 0.2) is 0 Å². The zero-order valence-corrected chi connectivity index (χ0v) is 17.7. The number of hydrogen-bond donors (Lipinski definition) is 2. The molecular formula is C24H22N5O4-. The van der Waals surface area contributed by atoms with Crippen molar-refractivity contribution in [2.75, 3.05) is 11.8 Å².